The van der Waals surface area contributed by atoms with Crippen molar-refractivity contribution in [1.29, 1.82) is 0 Å². The van der Waals surface area contributed by atoms with E-state index in [1.165, 1.54) is 0 Å². The first kappa shape index (κ1) is 12.2. The van der Waals surface area contributed by atoms with Gasteiger partial charge in [-0.1, -0.05) is 12.1 Å². The lowest BCUT2D eigenvalue weighted by molar-refractivity contribution is 0.102. The Balaban J connectivity index is 1.93. The molecular formula is C14H10IN3O. The molecule has 0 saturated carbocycles. The summed E-state index contributed by atoms with van der Waals surface area (Å²) in [6.07, 6.45) is 1.71. The molecule has 19 heavy (non-hydrogen) atoms. The SMILES string of the molecule is O=C(Nc1cccc2[nH]ncc12)c1cccc(I)c1. The van der Waals surface area contributed by atoms with E-state index in [0.29, 0.717) is 5.56 Å². The van der Waals surface area contributed by atoms with Crippen LogP contribution in [0.15, 0.2) is 48.7 Å². The minimum absolute atomic E-state index is 0.118. The van der Waals surface area contributed by atoms with Gasteiger partial charge in [-0.2, -0.15) is 5.10 Å². The van der Waals surface area contributed by atoms with E-state index in [-0.39, 0.29) is 5.91 Å². The van der Waals surface area contributed by atoms with Gasteiger partial charge in [-0.05, 0) is 52.9 Å². The highest BCUT2D eigenvalue weighted by Gasteiger charge is 2.09. The molecule has 3 aromatic rings. The van der Waals surface area contributed by atoms with Gasteiger partial charge in [0.25, 0.3) is 5.91 Å². The zero-order valence-corrected chi connectivity index (χ0v) is 12.0. The van der Waals surface area contributed by atoms with Crippen LogP contribution in [0.5, 0.6) is 0 Å². The number of carbonyl (C=O) groups is 1. The second kappa shape index (κ2) is 5.00. The third-order valence-corrected chi connectivity index (χ3v) is 3.49. The van der Waals surface area contributed by atoms with Crippen molar-refractivity contribution in [3.8, 4) is 0 Å². The molecule has 0 atom stereocenters. The monoisotopic (exact) mass is 363 g/mol. The van der Waals surface area contributed by atoms with E-state index in [4.69, 9.17) is 0 Å². The van der Waals surface area contributed by atoms with Crippen molar-refractivity contribution < 1.29 is 4.79 Å². The molecule has 2 aromatic carbocycles. The lowest BCUT2D eigenvalue weighted by Gasteiger charge is -2.06. The van der Waals surface area contributed by atoms with Gasteiger partial charge in [0, 0.05) is 14.5 Å². The van der Waals surface area contributed by atoms with Crippen LogP contribution in [0.4, 0.5) is 5.69 Å². The van der Waals surface area contributed by atoms with Crippen molar-refractivity contribution in [2.75, 3.05) is 5.32 Å². The number of hydrogen-bond acceptors (Lipinski definition) is 2. The number of carbonyl (C=O) groups excluding carboxylic acids is 1. The Kier molecular flexibility index (Phi) is 3.20. The zero-order chi connectivity index (χ0) is 13.2. The molecule has 0 saturated heterocycles. The Labute approximate surface area is 123 Å². The Morgan fingerprint density at radius 1 is 1.21 bits per heavy atom. The molecule has 0 spiro atoms. The molecule has 0 aliphatic carbocycles. The molecular weight excluding hydrogens is 353 g/mol. The Hall–Kier alpha value is -1.89. The van der Waals surface area contributed by atoms with Crippen LogP contribution in [0.3, 0.4) is 0 Å². The number of nitrogens with one attached hydrogen (secondary N) is 2. The lowest BCUT2D eigenvalue weighted by Crippen LogP contribution is -2.12. The molecule has 0 radical (unpaired) electrons. The maximum absolute atomic E-state index is 12.2. The highest BCUT2D eigenvalue weighted by atomic mass is 127. The van der Waals surface area contributed by atoms with Crippen LogP contribution >= 0.6 is 22.6 Å². The van der Waals surface area contributed by atoms with E-state index >= 15 is 0 Å². The molecule has 0 fully saturated rings. The van der Waals surface area contributed by atoms with Crippen LogP contribution in [0.1, 0.15) is 10.4 Å². The Morgan fingerprint density at radius 2 is 2.05 bits per heavy atom. The number of amides is 1. The van der Waals surface area contributed by atoms with Gasteiger partial charge in [0.15, 0.2) is 0 Å². The molecule has 2 N–H and O–H groups in total. The first-order chi connectivity index (χ1) is 9.24. The summed E-state index contributed by atoms with van der Waals surface area (Å²) < 4.78 is 1.03. The predicted molar refractivity (Wildman–Crippen MR) is 83.2 cm³/mol. The largest absolute Gasteiger partial charge is 0.321 e. The van der Waals surface area contributed by atoms with Crippen molar-refractivity contribution in [1.82, 2.24) is 10.2 Å². The second-order valence-corrected chi connectivity index (χ2v) is 5.35. The molecule has 0 aliphatic heterocycles. The number of rotatable bonds is 2. The number of anilines is 1. The fourth-order valence-corrected chi connectivity index (χ4v) is 2.44. The standard InChI is InChI=1S/C14H10IN3O/c15-10-4-1-3-9(7-10)14(19)17-12-5-2-6-13-11(12)8-16-18-13/h1-8H,(H,16,18)(H,17,19). The minimum Gasteiger partial charge on any atom is -0.321 e. The number of aromatic amines is 1. The van der Waals surface area contributed by atoms with E-state index in [9.17, 15) is 4.79 Å². The smallest absolute Gasteiger partial charge is 0.255 e. The average Bonchev–Trinajstić information content (AvgIpc) is 2.88. The number of aromatic nitrogens is 2. The summed E-state index contributed by atoms with van der Waals surface area (Å²) >= 11 is 2.19. The second-order valence-electron chi connectivity index (χ2n) is 4.10. The van der Waals surface area contributed by atoms with Crippen LogP contribution in [-0.4, -0.2) is 16.1 Å². The molecule has 0 bridgehead atoms. The third-order valence-electron chi connectivity index (χ3n) is 2.82. The summed E-state index contributed by atoms with van der Waals surface area (Å²) in [5.74, 6) is -0.118. The number of fused-ring (bicyclic) bond motifs is 1. The van der Waals surface area contributed by atoms with Gasteiger partial charge < -0.3 is 5.32 Å². The molecule has 4 nitrogen and oxygen atoms in total. The van der Waals surface area contributed by atoms with Gasteiger partial charge in [-0.25, -0.2) is 0 Å². The lowest BCUT2D eigenvalue weighted by atomic mass is 10.2. The number of nitrogens with zero attached hydrogens (tertiary/aromatic N) is 1. The van der Waals surface area contributed by atoms with Crippen LogP contribution < -0.4 is 5.32 Å². The van der Waals surface area contributed by atoms with Crippen LogP contribution in [0.2, 0.25) is 0 Å². The molecule has 0 unspecified atom stereocenters. The van der Waals surface area contributed by atoms with Crippen molar-refractivity contribution in [2.24, 2.45) is 0 Å². The topological polar surface area (TPSA) is 57.8 Å². The van der Waals surface area contributed by atoms with Crippen molar-refractivity contribution in [2.45, 2.75) is 0 Å². The van der Waals surface area contributed by atoms with Gasteiger partial charge in [-0.3, -0.25) is 9.89 Å². The fourth-order valence-electron chi connectivity index (χ4n) is 1.90. The number of hydrogen-bond donors (Lipinski definition) is 2. The summed E-state index contributed by atoms with van der Waals surface area (Å²) in [4.78, 5) is 12.2. The summed E-state index contributed by atoms with van der Waals surface area (Å²) in [6.45, 7) is 0. The molecule has 0 aliphatic rings. The van der Waals surface area contributed by atoms with E-state index in [0.717, 1.165) is 20.2 Å². The van der Waals surface area contributed by atoms with Gasteiger partial charge in [-0.15, -0.1) is 0 Å². The normalized spacial score (nSPS) is 10.6. The van der Waals surface area contributed by atoms with E-state index in [2.05, 4.69) is 38.1 Å². The zero-order valence-electron chi connectivity index (χ0n) is 9.85. The Bertz CT molecular complexity index is 751. The summed E-state index contributed by atoms with van der Waals surface area (Å²) in [5.41, 5.74) is 2.31. The summed E-state index contributed by atoms with van der Waals surface area (Å²) in [6, 6.07) is 13.1. The number of benzene rings is 2. The molecule has 94 valence electrons. The third kappa shape index (κ3) is 2.46. The molecule has 1 heterocycles. The van der Waals surface area contributed by atoms with Crippen LogP contribution in [-0.2, 0) is 0 Å². The van der Waals surface area contributed by atoms with Crippen molar-refractivity contribution in [3.05, 3.63) is 57.8 Å². The van der Waals surface area contributed by atoms with E-state index in [1.807, 2.05) is 36.4 Å². The van der Waals surface area contributed by atoms with E-state index < -0.39 is 0 Å². The first-order valence-electron chi connectivity index (χ1n) is 5.73. The van der Waals surface area contributed by atoms with Crippen molar-refractivity contribution in [3.63, 3.8) is 0 Å². The average molecular weight is 363 g/mol. The Morgan fingerprint density at radius 3 is 2.89 bits per heavy atom. The maximum Gasteiger partial charge on any atom is 0.255 e. The van der Waals surface area contributed by atoms with E-state index in [1.54, 1.807) is 12.3 Å². The molecule has 3 rings (SSSR count). The first-order valence-corrected chi connectivity index (χ1v) is 6.81. The maximum atomic E-state index is 12.2. The minimum atomic E-state index is -0.118. The van der Waals surface area contributed by atoms with Gasteiger partial charge in [0.05, 0.1) is 17.4 Å². The molecule has 5 heteroatoms. The quantitative estimate of drug-likeness (QED) is 0.686. The van der Waals surface area contributed by atoms with Gasteiger partial charge in [0.1, 0.15) is 0 Å². The number of H-pyrrole nitrogens is 1. The summed E-state index contributed by atoms with van der Waals surface area (Å²) in [7, 11) is 0. The predicted octanol–water partition coefficient (Wildman–Crippen LogP) is 3.42. The number of halogens is 1. The van der Waals surface area contributed by atoms with Gasteiger partial charge >= 0.3 is 0 Å². The summed E-state index contributed by atoms with van der Waals surface area (Å²) in [5, 5.41) is 10.7. The van der Waals surface area contributed by atoms with Gasteiger partial charge in [0.2, 0.25) is 0 Å². The highest BCUT2D eigenvalue weighted by Crippen LogP contribution is 2.21. The fraction of sp³-hybridized carbons (Fsp3) is 0. The van der Waals surface area contributed by atoms with Crippen LogP contribution in [0.25, 0.3) is 10.9 Å². The van der Waals surface area contributed by atoms with Crippen LogP contribution in [0, 0.1) is 3.57 Å². The highest BCUT2D eigenvalue weighted by molar-refractivity contribution is 14.1. The molecule has 1 amide bonds. The molecule has 1 aromatic heterocycles. The van der Waals surface area contributed by atoms with Crippen molar-refractivity contribution >= 4 is 45.1 Å².